The number of rotatable bonds is 5. The topological polar surface area (TPSA) is 72.2 Å². The average molecular weight is 398 g/mol. The Kier molecular flexibility index (Phi) is 4.58. The second-order valence-corrected chi connectivity index (χ2v) is 8.19. The minimum absolute atomic E-state index is 0.0368. The van der Waals surface area contributed by atoms with Gasteiger partial charge in [0.25, 0.3) is 5.69 Å². The summed E-state index contributed by atoms with van der Waals surface area (Å²) >= 11 is 0. The fraction of sp³-hybridized carbons (Fsp3) is 0.240. The number of hydrogen-bond donors (Lipinski definition) is 1. The molecule has 0 heterocycles. The van der Waals surface area contributed by atoms with E-state index in [0.29, 0.717) is 24.3 Å². The summed E-state index contributed by atoms with van der Waals surface area (Å²) in [6.07, 6.45) is 1.27. The second-order valence-electron chi connectivity index (χ2n) is 8.19. The van der Waals surface area contributed by atoms with Crippen molar-refractivity contribution in [1.29, 1.82) is 0 Å². The monoisotopic (exact) mass is 398 g/mol. The van der Waals surface area contributed by atoms with E-state index in [4.69, 9.17) is 0 Å². The van der Waals surface area contributed by atoms with Crippen LogP contribution in [-0.4, -0.2) is 17.4 Å². The molecule has 1 N–H and O–H groups in total. The third-order valence-electron chi connectivity index (χ3n) is 6.50. The van der Waals surface area contributed by atoms with Crippen LogP contribution in [0, 0.1) is 16.0 Å². The van der Waals surface area contributed by atoms with Crippen molar-refractivity contribution in [3.63, 3.8) is 0 Å². The number of nitrogens with one attached hydrogen (secondary N) is 1. The van der Waals surface area contributed by atoms with Gasteiger partial charge < -0.3 is 5.32 Å². The van der Waals surface area contributed by atoms with Gasteiger partial charge in [-0.3, -0.25) is 14.9 Å². The molecule has 0 saturated carbocycles. The van der Waals surface area contributed by atoms with Crippen LogP contribution in [0.15, 0.2) is 72.8 Å². The zero-order valence-corrected chi connectivity index (χ0v) is 16.5. The predicted molar refractivity (Wildman–Crippen MR) is 114 cm³/mol. The molecule has 3 aliphatic rings. The molecule has 6 rings (SSSR count). The van der Waals surface area contributed by atoms with Crippen molar-refractivity contribution in [3.05, 3.63) is 111 Å². The number of carbonyl (C=O) groups excluding carboxylic acids is 1. The molecule has 0 radical (unpaired) electrons. The first kappa shape index (κ1) is 18.6. The number of benzene rings is 3. The number of amides is 1. The van der Waals surface area contributed by atoms with Crippen LogP contribution < -0.4 is 5.32 Å². The van der Waals surface area contributed by atoms with Gasteiger partial charge in [-0.15, -0.1) is 0 Å². The minimum atomic E-state index is -0.433. The van der Waals surface area contributed by atoms with Crippen molar-refractivity contribution >= 4 is 11.6 Å². The maximum Gasteiger partial charge on any atom is 0.269 e. The van der Waals surface area contributed by atoms with Crippen LogP contribution in [0.5, 0.6) is 0 Å². The lowest BCUT2D eigenvalue weighted by Gasteiger charge is -2.45. The van der Waals surface area contributed by atoms with E-state index in [1.807, 2.05) is 0 Å². The van der Waals surface area contributed by atoms with E-state index < -0.39 is 4.92 Å². The summed E-state index contributed by atoms with van der Waals surface area (Å²) in [5.41, 5.74) is 6.45. The smallest absolute Gasteiger partial charge is 0.269 e. The highest BCUT2D eigenvalue weighted by atomic mass is 16.6. The zero-order valence-electron chi connectivity index (χ0n) is 16.5. The van der Waals surface area contributed by atoms with E-state index >= 15 is 0 Å². The van der Waals surface area contributed by atoms with Crippen LogP contribution in [0.3, 0.4) is 0 Å². The van der Waals surface area contributed by atoms with Gasteiger partial charge in [0.05, 0.1) is 11.3 Å². The van der Waals surface area contributed by atoms with Gasteiger partial charge in [-0.05, 0) is 40.2 Å². The van der Waals surface area contributed by atoms with Crippen molar-refractivity contribution in [2.45, 2.75) is 24.7 Å². The quantitative estimate of drug-likeness (QED) is 0.506. The van der Waals surface area contributed by atoms with E-state index in [0.717, 1.165) is 12.0 Å². The molecule has 1 amide bonds. The first-order chi connectivity index (χ1) is 14.6. The van der Waals surface area contributed by atoms with E-state index in [1.54, 1.807) is 12.1 Å². The molecule has 0 spiro atoms. The SMILES string of the molecule is O=C(Cc1ccc([N+](=O)[O-])cc1)NCC1CC2c3ccccc3C1c1ccccc12. The summed E-state index contributed by atoms with van der Waals surface area (Å²) in [4.78, 5) is 22.9. The van der Waals surface area contributed by atoms with E-state index in [-0.39, 0.29) is 18.0 Å². The molecule has 150 valence electrons. The lowest BCUT2D eigenvalue weighted by molar-refractivity contribution is -0.384. The van der Waals surface area contributed by atoms with Crippen LogP contribution in [-0.2, 0) is 11.2 Å². The van der Waals surface area contributed by atoms with Crippen molar-refractivity contribution < 1.29 is 9.72 Å². The second kappa shape index (κ2) is 7.41. The summed E-state index contributed by atoms with van der Waals surface area (Å²) in [6, 6.07) is 23.6. The third-order valence-corrected chi connectivity index (χ3v) is 6.50. The van der Waals surface area contributed by atoms with Gasteiger partial charge in [-0.25, -0.2) is 0 Å². The summed E-state index contributed by atoms with van der Waals surface area (Å²) in [7, 11) is 0. The Labute approximate surface area is 174 Å². The van der Waals surface area contributed by atoms with Gasteiger partial charge in [0, 0.05) is 30.5 Å². The summed E-state index contributed by atoms with van der Waals surface area (Å²) in [6.45, 7) is 0.635. The lowest BCUT2D eigenvalue weighted by Crippen LogP contribution is -2.39. The maximum atomic E-state index is 12.5. The van der Waals surface area contributed by atoms with Gasteiger partial charge in [-0.2, -0.15) is 0 Å². The highest BCUT2D eigenvalue weighted by Crippen LogP contribution is 2.55. The fourth-order valence-corrected chi connectivity index (χ4v) is 5.19. The van der Waals surface area contributed by atoms with E-state index in [9.17, 15) is 14.9 Å². The van der Waals surface area contributed by atoms with Gasteiger partial charge in [-0.1, -0.05) is 60.7 Å². The molecule has 0 saturated heterocycles. The Morgan fingerprint density at radius 1 is 0.900 bits per heavy atom. The van der Waals surface area contributed by atoms with E-state index in [1.165, 1.54) is 34.4 Å². The number of nitrogens with zero attached hydrogens (tertiary/aromatic N) is 1. The minimum Gasteiger partial charge on any atom is -0.356 e. The number of nitro benzene ring substituents is 1. The fourth-order valence-electron chi connectivity index (χ4n) is 5.19. The molecule has 1 unspecified atom stereocenters. The first-order valence-corrected chi connectivity index (χ1v) is 10.3. The largest absolute Gasteiger partial charge is 0.356 e. The zero-order chi connectivity index (χ0) is 20.7. The van der Waals surface area contributed by atoms with Crippen LogP contribution in [0.25, 0.3) is 0 Å². The molecular formula is C25H22N2O3. The molecule has 3 aliphatic carbocycles. The highest BCUT2D eigenvalue weighted by Gasteiger charge is 2.42. The molecule has 30 heavy (non-hydrogen) atoms. The standard InChI is InChI=1S/C25H22N2O3/c28-24(13-16-9-11-18(12-10-16)27(29)30)26-15-17-14-23-19-5-1-3-7-21(19)25(17)22-8-4-2-6-20(22)23/h1-12,17,23,25H,13-15H2,(H,26,28). The summed E-state index contributed by atoms with van der Waals surface area (Å²) in [5, 5.41) is 13.9. The predicted octanol–water partition coefficient (Wildman–Crippen LogP) is 4.55. The van der Waals surface area contributed by atoms with Crippen molar-refractivity contribution in [2.75, 3.05) is 6.54 Å². The molecule has 3 aromatic carbocycles. The molecule has 1 atom stereocenters. The van der Waals surface area contributed by atoms with Crippen LogP contribution in [0.2, 0.25) is 0 Å². The normalized spacial score (nSPS) is 20.9. The average Bonchev–Trinajstić information content (AvgIpc) is 2.78. The van der Waals surface area contributed by atoms with Crippen molar-refractivity contribution in [1.82, 2.24) is 5.32 Å². The van der Waals surface area contributed by atoms with Gasteiger partial charge in [0.15, 0.2) is 0 Å². The Morgan fingerprint density at radius 3 is 2.03 bits per heavy atom. The van der Waals surface area contributed by atoms with Crippen LogP contribution >= 0.6 is 0 Å². The van der Waals surface area contributed by atoms with Crippen molar-refractivity contribution in [3.8, 4) is 0 Å². The molecule has 0 fully saturated rings. The third kappa shape index (κ3) is 3.16. The number of carbonyl (C=O) groups is 1. The number of nitro groups is 1. The van der Waals surface area contributed by atoms with Gasteiger partial charge >= 0.3 is 0 Å². The Hall–Kier alpha value is -3.47. The van der Waals surface area contributed by atoms with Crippen molar-refractivity contribution in [2.24, 2.45) is 5.92 Å². The first-order valence-electron chi connectivity index (χ1n) is 10.3. The summed E-state index contributed by atoms with van der Waals surface area (Å²) < 4.78 is 0. The maximum absolute atomic E-state index is 12.5. The lowest BCUT2D eigenvalue weighted by atomic mass is 9.59. The van der Waals surface area contributed by atoms with Gasteiger partial charge in [0.1, 0.15) is 0 Å². The molecule has 0 aliphatic heterocycles. The molecule has 5 nitrogen and oxygen atoms in total. The Balaban J connectivity index is 1.30. The van der Waals surface area contributed by atoms with Crippen LogP contribution in [0.1, 0.15) is 46.1 Å². The highest BCUT2D eigenvalue weighted by molar-refractivity contribution is 5.78. The number of hydrogen-bond acceptors (Lipinski definition) is 3. The molecule has 0 aromatic heterocycles. The molecule has 3 aromatic rings. The number of non-ortho nitro benzene ring substituents is 1. The van der Waals surface area contributed by atoms with E-state index in [2.05, 4.69) is 53.8 Å². The van der Waals surface area contributed by atoms with Gasteiger partial charge in [0.2, 0.25) is 5.91 Å². The number of fused-ring (bicyclic) bond motifs is 1. The molecule has 2 bridgehead atoms. The molecular weight excluding hydrogens is 376 g/mol. The Morgan fingerprint density at radius 2 is 1.47 bits per heavy atom. The molecule has 5 heteroatoms. The Bertz CT molecular complexity index is 1080. The summed E-state index contributed by atoms with van der Waals surface area (Å²) in [5.74, 6) is 1.01. The van der Waals surface area contributed by atoms with Crippen LogP contribution in [0.4, 0.5) is 5.69 Å².